The number of carbonyl (C=O) groups is 1. The van der Waals surface area contributed by atoms with Crippen molar-refractivity contribution in [2.75, 3.05) is 7.05 Å². The Balaban J connectivity index is 1.98. The van der Waals surface area contributed by atoms with E-state index in [4.69, 9.17) is 4.74 Å². The second-order valence-corrected chi connectivity index (χ2v) is 4.44. The number of aryl methyl sites for hydroxylation is 1. The van der Waals surface area contributed by atoms with E-state index in [0.29, 0.717) is 0 Å². The zero-order valence-electron chi connectivity index (χ0n) is 9.88. The molecule has 1 saturated heterocycles. The maximum atomic E-state index is 11.5. The van der Waals surface area contributed by atoms with Gasteiger partial charge in [0.15, 0.2) is 0 Å². The Bertz CT molecular complexity index is 388. The predicted octanol–water partition coefficient (Wildman–Crippen LogP) is 0.556. The molecule has 2 unspecified atom stereocenters. The smallest absolute Gasteiger partial charge is 0.323 e. The second-order valence-electron chi connectivity index (χ2n) is 4.44. The SMILES string of the molecule is CC1CC(N(C)Cc2cnn(C)c2)C(=O)O1. The molecule has 5 heteroatoms. The van der Waals surface area contributed by atoms with Crippen LogP contribution < -0.4 is 0 Å². The summed E-state index contributed by atoms with van der Waals surface area (Å²) in [5.41, 5.74) is 1.11. The zero-order chi connectivity index (χ0) is 11.7. The third-order valence-electron chi connectivity index (χ3n) is 2.87. The first-order chi connectivity index (χ1) is 7.56. The Morgan fingerprint density at radius 1 is 1.69 bits per heavy atom. The molecule has 0 spiro atoms. The molecule has 1 aliphatic rings. The molecular formula is C11H17N3O2. The summed E-state index contributed by atoms with van der Waals surface area (Å²) in [5.74, 6) is -0.112. The first-order valence-electron chi connectivity index (χ1n) is 5.44. The number of hydrogen-bond donors (Lipinski definition) is 0. The van der Waals surface area contributed by atoms with Crippen LogP contribution in [0.5, 0.6) is 0 Å². The lowest BCUT2D eigenvalue weighted by molar-refractivity contribution is -0.144. The molecule has 1 fully saturated rings. The van der Waals surface area contributed by atoms with E-state index in [2.05, 4.69) is 5.10 Å². The number of ether oxygens (including phenoxy) is 1. The molecule has 0 aromatic carbocycles. The molecular weight excluding hydrogens is 206 g/mol. The van der Waals surface area contributed by atoms with Gasteiger partial charge in [-0.3, -0.25) is 14.4 Å². The van der Waals surface area contributed by atoms with Crippen LogP contribution in [0.3, 0.4) is 0 Å². The minimum atomic E-state index is -0.116. The molecule has 0 aliphatic carbocycles. The molecule has 2 rings (SSSR count). The van der Waals surface area contributed by atoms with Gasteiger partial charge in [0.05, 0.1) is 6.20 Å². The maximum absolute atomic E-state index is 11.5. The monoisotopic (exact) mass is 223 g/mol. The van der Waals surface area contributed by atoms with Gasteiger partial charge in [0.2, 0.25) is 0 Å². The number of hydrogen-bond acceptors (Lipinski definition) is 4. The van der Waals surface area contributed by atoms with Gasteiger partial charge in [0.25, 0.3) is 0 Å². The fraction of sp³-hybridized carbons (Fsp3) is 0.636. The summed E-state index contributed by atoms with van der Waals surface area (Å²) in [5, 5.41) is 4.10. The van der Waals surface area contributed by atoms with Crippen LogP contribution in [0.4, 0.5) is 0 Å². The molecule has 88 valence electrons. The van der Waals surface area contributed by atoms with Crippen molar-refractivity contribution in [1.82, 2.24) is 14.7 Å². The van der Waals surface area contributed by atoms with Gasteiger partial charge < -0.3 is 4.74 Å². The van der Waals surface area contributed by atoms with Crippen LogP contribution in [0.2, 0.25) is 0 Å². The maximum Gasteiger partial charge on any atom is 0.323 e. The molecule has 0 radical (unpaired) electrons. The Morgan fingerprint density at radius 3 is 2.94 bits per heavy atom. The topological polar surface area (TPSA) is 47.4 Å². The van der Waals surface area contributed by atoms with Crippen molar-refractivity contribution in [3.05, 3.63) is 18.0 Å². The minimum Gasteiger partial charge on any atom is -0.461 e. The first kappa shape index (κ1) is 11.1. The third-order valence-corrected chi connectivity index (χ3v) is 2.87. The van der Waals surface area contributed by atoms with E-state index in [1.54, 1.807) is 4.68 Å². The first-order valence-corrected chi connectivity index (χ1v) is 5.44. The molecule has 5 nitrogen and oxygen atoms in total. The lowest BCUT2D eigenvalue weighted by atomic mass is 10.1. The number of carbonyl (C=O) groups excluding carboxylic acids is 1. The van der Waals surface area contributed by atoms with Gasteiger partial charge in [0, 0.05) is 31.8 Å². The highest BCUT2D eigenvalue weighted by Gasteiger charge is 2.34. The standard InChI is InChI=1S/C11H17N3O2/c1-8-4-10(11(15)16-8)13(2)6-9-5-12-14(3)7-9/h5,7-8,10H,4,6H2,1-3H3. The van der Waals surface area contributed by atoms with E-state index in [9.17, 15) is 4.79 Å². The highest BCUT2D eigenvalue weighted by Crippen LogP contribution is 2.20. The van der Waals surface area contributed by atoms with E-state index < -0.39 is 0 Å². The Kier molecular flexibility index (Phi) is 2.96. The van der Waals surface area contributed by atoms with E-state index in [1.165, 1.54) is 0 Å². The van der Waals surface area contributed by atoms with Crippen molar-refractivity contribution < 1.29 is 9.53 Å². The highest BCUT2D eigenvalue weighted by molar-refractivity contribution is 5.77. The van der Waals surface area contributed by atoms with Crippen LogP contribution in [-0.2, 0) is 23.1 Å². The van der Waals surface area contributed by atoms with Crippen LogP contribution in [0.15, 0.2) is 12.4 Å². The molecule has 1 aliphatic heterocycles. The Morgan fingerprint density at radius 2 is 2.44 bits per heavy atom. The van der Waals surface area contributed by atoms with Crippen LogP contribution in [-0.4, -0.2) is 39.8 Å². The van der Waals surface area contributed by atoms with Crippen LogP contribution >= 0.6 is 0 Å². The van der Waals surface area contributed by atoms with Gasteiger partial charge >= 0.3 is 5.97 Å². The molecule has 0 saturated carbocycles. The van der Waals surface area contributed by atoms with Crippen LogP contribution in [0.1, 0.15) is 18.9 Å². The molecule has 0 bridgehead atoms. The lowest BCUT2D eigenvalue weighted by Gasteiger charge is -2.19. The number of rotatable bonds is 3. The van der Waals surface area contributed by atoms with E-state index in [0.717, 1.165) is 18.5 Å². The summed E-state index contributed by atoms with van der Waals surface area (Å²) in [7, 11) is 3.83. The van der Waals surface area contributed by atoms with Gasteiger partial charge in [-0.1, -0.05) is 0 Å². The summed E-state index contributed by atoms with van der Waals surface area (Å²) in [4.78, 5) is 13.6. The van der Waals surface area contributed by atoms with Gasteiger partial charge in [-0.25, -0.2) is 0 Å². The third kappa shape index (κ3) is 2.24. The minimum absolute atomic E-state index is 0.0360. The lowest BCUT2D eigenvalue weighted by Crippen LogP contribution is -2.34. The molecule has 1 aromatic rings. The second kappa shape index (κ2) is 4.25. The summed E-state index contributed by atoms with van der Waals surface area (Å²) in [6.07, 6.45) is 4.59. The Labute approximate surface area is 95.0 Å². The van der Waals surface area contributed by atoms with Gasteiger partial charge in [0.1, 0.15) is 12.1 Å². The predicted molar refractivity (Wildman–Crippen MR) is 58.6 cm³/mol. The van der Waals surface area contributed by atoms with Gasteiger partial charge in [-0.15, -0.1) is 0 Å². The van der Waals surface area contributed by atoms with E-state index >= 15 is 0 Å². The summed E-state index contributed by atoms with van der Waals surface area (Å²) >= 11 is 0. The fourth-order valence-electron chi connectivity index (χ4n) is 2.05. The zero-order valence-corrected chi connectivity index (χ0v) is 9.88. The highest BCUT2D eigenvalue weighted by atomic mass is 16.6. The number of esters is 1. The molecule has 0 N–H and O–H groups in total. The molecule has 0 amide bonds. The summed E-state index contributed by atoms with van der Waals surface area (Å²) < 4.78 is 6.90. The van der Waals surface area contributed by atoms with Crippen molar-refractivity contribution >= 4 is 5.97 Å². The van der Waals surface area contributed by atoms with Crippen molar-refractivity contribution in [2.45, 2.75) is 32.0 Å². The fourth-order valence-corrected chi connectivity index (χ4v) is 2.05. The molecule has 2 atom stereocenters. The number of cyclic esters (lactones) is 1. The average Bonchev–Trinajstić information content (AvgIpc) is 2.73. The van der Waals surface area contributed by atoms with Gasteiger partial charge in [-0.05, 0) is 14.0 Å². The molecule has 1 aromatic heterocycles. The molecule has 16 heavy (non-hydrogen) atoms. The van der Waals surface area contributed by atoms with Crippen molar-refractivity contribution in [1.29, 1.82) is 0 Å². The Hall–Kier alpha value is -1.36. The van der Waals surface area contributed by atoms with E-state index in [-0.39, 0.29) is 18.1 Å². The quantitative estimate of drug-likeness (QED) is 0.702. The van der Waals surface area contributed by atoms with Crippen molar-refractivity contribution in [2.24, 2.45) is 7.05 Å². The number of nitrogens with zero attached hydrogens (tertiary/aromatic N) is 3. The summed E-state index contributed by atoms with van der Waals surface area (Å²) in [6.45, 7) is 2.65. The van der Waals surface area contributed by atoms with Crippen molar-refractivity contribution in [3.8, 4) is 0 Å². The van der Waals surface area contributed by atoms with Crippen LogP contribution in [0.25, 0.3) is 0 Å². The number of aromatic nitrogens is 2. The normalized spacial score (nSPS) is 25.1. The van der Waals surface area contributed by atoms with Crippen LogP contribution in [0, 0.1) is 0 Å². The summed E-state index contributed by atoms with van der Waals surface area (Å²) in [6, 6.07) is -0.116. The number of likely N-dealkylation sites (N-methyl/N-ethyl adjacent to an activating group) is 1. The average molecular weight is 223 g/mol. The molecule has 2 heterocycles. The van der Waals surface area contributed by atoms with Crippen molar-refractivity contribution in [3.63, 3.8) is 0 Å². The van der Waals surface area contributed by atoms with E-state index in [1.807, 2.05) is 38.3 Å². The largest absolute Gasteiger partial charge is 0.461 e. The van der Waals surface area contributed by atoms with Gasteiger partial charge in [-0.2, -0.15) is 5.10 Å².